The molecule has 1 N–H and O–H groups in total. The van der Waals surface area contributed by atoms with Crippen molar-refractivity contribution in [2.75, 3.05) is 18.9 Å². The Hall–Kier alpha value is -2.08. The molecule has 1 aliphatic rings. The van der Waals surface area contributed by atoms with Gasteiger partial charge in [0.15, 0.2) is 0 Å². The Kier molecular flexibility index (Phi) is 5.58. The van der Waals surface area contributed by atoms with Gasteiger partial charge in [-0.25, -0.2) is 4.98 Å². The SMILES string of the molecule is CCOC(=O)CNC(=O)CSc1nc2cc3c(cc2cc1C)CCC3. The zero-order valence-corrected chi connectivity index (χ0v) is 15.4. The first-order valence-electron chi connectivity index (χ1n) is 8.55. The molecule has 0 spiro atoms. The van der Waals surface area contributed by atoms with E-state index in [4.69, 9.17) is 9.72 Å². The highest BCUT2D eigenvalue weighted by molar-refractivity contribution is 7.99. The lowest BCUT2D eigenvalue weighted by atomic mass is 10.1. The third-order valence-electron chi connectivity index (χ3n) is 4.25. The second-order valence-corrected chi connectivity index (χ2v) is 7.11. The van der Waals surface area contributed by atoms with E-state index in [1.165, 1.54) is 29.3 Å². The fraction of sp³-hybridized carbons (Fsp3) is 0.421. The van der Waals surface area contributed by atoms with E-state index in [1.54, 1.807) is 6.92 Å². The standard InChI is InChI=1S/C19H22N2O3S/c1-3-24-18(23)10-20-17(22)11-25-19-12(2)7-15-8-13-5-4-6-14(13)9-16(15)21-19/h7-9H,3-6,10-11H2,1-2H3,(H,20,22). The number of carbonyl (C=O) groups is 2. The summed E-state index contributed by atoms with van der Waals surface area (Å²) in [5.74, 6) is -0.396. The molecular formula is C19H22N2O3S. The summed E-state index contributed by atoms with van der Waals surface area (Å²) in [5, 5.41) is 4.59. The largest absolute Gasteiger partial charge is 0.465 e. The van der Waals surface area contributed by atoms with Gasteiger partial charge >= 0.3 is 5.97 Å². The second kappa shape index (κ2) is 7.87. The van der Waals surface area contributed by atoms with Gasteiger partial charge in [0.25, 0.3) is 0 Å². The summed E-state index contributed by atoms with van der Waals surface area (Å²) in [6.07, 6.45) is 3.49. The highest BCUT2D eigenvalue weighted by Crippen LogP contribution is 2.30. The molecule has 2 aromatic rings. The molecule has 1 aromatic heterocycles. The number of hydrogen-bond donors (Lipinski definition) is 1. The molecule has 0 aliphatic heterocycles. The van der Waals surface area contributed by atoms with E-state index in [2.05, 4.69) is 23.5 Å². The molecule has 0 saturated heterocycles. The van der Waals surface area contributed by atoms with Crippen molar-refractivity contribution in [1.29, 1.82) is 0 Å². The minimum atomic E-state index is -0.422. The molecule has 25 heavy (non-hydrogen) atoms. The number of fused-ring (bicyclic) bond motifs is 2. The maximum atomic E-state index is 11.9. The van der Waals surface area contributed by atoms with Crippen LogP contribution >= 0.6 is 11.8 Å². The van der Waals surface area contributed by atoms with Crippen LogP contribution < -0.4 is 5.32 Å². The summed E-state index contributed by atoms with van der Waals surface area (Å²) < 4.78 is 4.79. The van der Waals surface area contributed by atoms with Crippen molar-refractivity contribution in [3.8, 4) is 0 Å². The molecular weight excluding hydrogens is 336 g/mol. The molecule has 0 radical (unpaired) electrons. The van der Waals surface area contributed by atoms with Crippen molar-refractivity contribution < 1.29 is 14.3 Å². The van der Waals surface area contributed by atoms with E-state index in [0.717, 1.165) is 34.3 Å². The summed E-state index contributed by atoms with van der Waals surface area (Å²) in [4.78, 5) is 27.9. The van der Waals surface area contributed by atoms with Gasteiger partial charge in [-0.05, 0) is 68.0 Å². The lowest BCUT2D eigenvalue weighted by Crippen LogP contribution is -2.31. The summed E-state index contributed by atoms with van der Waals surface area (Å²) in [5.41, 5.74) is 4.88. The van der Waals surface area contributed by atoms with Crippen molar-refractivity contribution >= 4 is 34.5 Å². The fourth-order valence-electron chi connectivity index (χ4n) is 3.05. The number of pyridine rings is 1. The van der Waals surface area contributed by atoms with Crippen molar-refractivity contribution in [2.24, 2.45) is 0 Å². The molecule has 5 nitrogen and oxygen atoms in total. The number of aryl methyl sites for hydroxylation is 3. The lowest BCUT2D eigenvalue weighted by molar-refractivity contribution is -0.143. The number of thioether (sulfide) groups is 1. The van der Waals surface area contributed by atoms with Gasteiger partial charge in [0, 0.05) is 5.39 Å². The monoisotopic (exact) mass is 358 g/mol. The first kappa shape index (κ1) is 17.7. The highest BCUT2D eigenvalue weighted by Gasteiger charge is 2.14. The quantitative estimate of drug-likeness (QED) is 0.635. The number of rotatable bonds is 6. The van der Waals surface area contributed by atoms with Gasteiger partial charge in [0.2, 0.25) is 5.91 Å². The third-order valence-corrected chi connectivity index (χ3v) is 5.34. The average Bonchev–Trinajstić information content (AvgIpc) is 3.03. The minimum absolute atomic E-state index is 0.0937. The van der Waals surface area contributed by atoms with E-state index >= 15 is 0 Å². The van der Waals surface area contributed by atoms with E-state index < -0.39 is 5.97 Å². The summed E-state index contributed by atoms with van der Waals surface area (Å²) in [7, 11) is 0. The Morgan fingerprint density at radius 3 is 2.76 bits per heavy atom. The number of carbonyl (C=O) groups excluding carboxylic acids is 2. The zero-order chi connectivity index (χ0) is 17.8. The van der Waals surface area contributed by atoms with Crippen LogP contribution in [0, 0.1) is 6.92 Å². The van der Waals surface area contributed by atoms with Gasteiger partial charge in [-0.15, -0.1) is 0 Å². The fourth-order valence-corrected chi connectivity index (χ4v) is 3.87. The van der Waals surface area contributed by atoms with Crippen molar-refractivity contribution in [1.82, 2.24) is 10.3 Å². The maximum Gasteiger partial charge on any atom is 0.325 e. The average molecular weight is 358 g/mol. The molecule has 1 aromatic carbocycles. The first-order valence-corrected chi connectivity index (χ1v) is 9.53. The van der Waals surface area contributed by atoms with E-state index in [-0.39, 0.29) is 18.2 Å². The Labute approximate surface area is 151 Å². The van der Waals surface area contributed by atoms with Crippen molar-refractivity contribution in [3.05, 3.63) is 34.9 Å². The predicted molar refractivity (Wildman–Crippen MR) is 98.9 cm³/mol. The van der Waals surface area contributed by atoms with Crippen LogP contribution in [0.2, 0.25) is 0 Å². The lowest BCUT2D eigenvalue weighted by Gasteiger charge is -2.09. The van der Waals surface area contributed by atoms with Crippen LogP contribution in [0.4, 0.5) is 0 Å². The number of aromatic nitrogens is 1. The number of hydrogen-bond acceptors (Lipinski definition) is 5. The number of ether oxygens (including phenoxy) is 1. The molecule has 0 atom stereocenters. The Bertz CT molecular complexity index is 820. The maximum absolute atomic E-state index is 11.9. The number of esters is 1. The van der Waals surface area contributed by atoms with Gasteiger partial charge < -0.3 is 10.1 Å². The van der Waals surface area contributed by atoms with Crippen LogP contribution in [0.15, 0.2) is 23.2 Å². The van der Waals surface area contributed by atoms with Crippen LogP contribution in [-0.2, 0) is 27.2 Å². The normalized spacial score (nSPS) is 12.9. The minimum Gasteiger partial charge on any atom is -0.465 e. The summed E-state index contributed by atoms with van der Waals surface area (Å²) >= 11 is 1.39. The third kappa shape index (κ3) is 4.31. The summed E-state index contributed by atoms with van der Waals surface area (Å²) in [6.45, 7) is 3.97. The topological polar surface area (TPSA) is 68.3 Å². The molecule has 1 heterocycles. The first-order chi connectivity index (χ1) is 12.1. The highest BCUT2D eigenvalue weighted by atomic mass is 32.2. The molecule has 132 valence electrons. The van der Waals surface area contributed by atoms with E-state index in [1.807, 2.05) is 6.92 Å². The van der Waals surface area contributed by atoms with Gasteiger partial charge in [0.05, 0.1) is 17.9 Å². The molecule has 6 heteroatoms. The van der Waals surface area contributed by atoms with E-state index in [0.29, 0.717) is 6.61 Å². The molecule has 0 bridgehead atoms. The number of amides is 1. The molecule has 1 aliphatic carbocycles. The van der Waals surface area contributed by atoms with E-state index in [9.17, 15) is 9.59 Å². The molecule has 0 fully saturated rings. The Morgan fingerprint density at radius 2 is 2.00 bits per heavy atom. The predicted octanol–water partition coefficient (Wildman–Crippen LogP) is 2.80. The molecule has 1 amide bonds. The van der Waals surface area contributed by atoms with Crippen LogP contribution in [-0.4, -0.2) is 35.8 Å². The van der Waals surface area contributed by atoms with Gasteiger partial charge in [-0.1, -0.05) is 11.8 Å². The number of nitrogens with zero attached hydrogens (tertiary/aromatic N) is 1. The van der Waals surface area contributed by atoms with Gasteiger partial charge in [-0.2, -0.15) is 0 Å². The van der Waals surface area contributed by atoms with Gasteiger partial charge in [0.1, 0.15) is 11.6 Å². The van der Waals surface area contributed by atoms with Crippen LogP contribution in [0.3, 0.4) is 0 Å². The molecule has 3 rings (SSSR count). The summed E-state index contributed by atoms with van der Waals surface area (Å²) in [6, 6.07) is 6.57. The zero-order valence-electron chi connectivity index (χ0n) is 14.6. The van der Waals surface area contributed by atoms with Crippen LogP contribution in [0.5, 0.6) is 0 Å². The van der Waals surface area contributed by atoms with Gasteiger partial charge in [-0.3, -0.25) is 9.59 Å². The Balaban J connectivity index is 1.65. The van der Waals surface area contributed by atoms with Crippen molar-refractivity contribution in [2.45, 2.75) is 38.1 Å². The van der Waals surface area contributed by atoms with Crippen molar-refractivity contribution in [3.63, 3.8) is 0 Å². The molecule has 0 saturated carbocycles. The molecule has 0 unspecified atom stereocenters. The van der Waals surface area contributed by atoms with Crippen LogP contribution in [0.25, 0.3) is 10.9 Å². The van der Waals surface area contributed by atoms with Crippen LogP contribution in [0.1, 0.15) is 30.0 Å². The number of nitrogens with one attached hydrogen (secondary N) is 1. The second-order valence-electron chi connectivity index (χ2n) is 6.15. The Morgan fingerprint density at radius 1 is 1.24 bits per heavy atom. The number of benzene rings is 1. The smallest absolute Gasteiger partial charge is 0.325 e.